The van der Waals surface area contributed by atoms with Crippen LogP contribution in [0.1, 0.15) is 11.6 Å². The van der Waals surface area contributed by atoms with E-state index >= 15 is 0 Å². The lowest BCUT2D eigenvalue weighted by atomic mass is 10.1. The van der Waals surface area contributed by atoms with Crippen molar-refractivity contribution >= 4 is 22.1 Å². The zero-order valence-electron chi connectivity index (χ0n) is 13.7. The van der Waals surface area contributed by atoms with Gasteiger partial charge in [-0.25, -0.2) is 9.78 Å². The van der Waals surface area contributed by atoms with E-state index < -0.39 is 0 Å². The van der Waals surface area contributed by atoms with Gasteiger partial charge in [-0.2, -0.15) is 0 Å². The highest BCUT2D eigenvalue weighted by Crippen LogP contribution is 2.21. The number of fused-ring (bicyclic) bond motifs is 2. The number of imidazole rings is 2. The van der Waals surface area contributed by atoms with Gasteiger partial charge < -0.3 is 10.3 Å². The first-order valence-corrected chi connectivity index (χ1v) is 7.87. The van der Waals surface area contributed by atoms with Crippen molar-refractivity contribution in [3.63, 3.8) is 0 Å². The molecule has 4 rings (SSSR count). The zero-order valence-corrected chi connectivity index (χ0v) is 13.7. The Balaban J connectivity index is 1.72. The Morgan fingerprint density at radius 3 is 2.62 bits per heavy atom. The van der Waals surface area contributed by atoms with Gasteiger partial charge in [-0.3, -0.25) is 9.13 Å². The predicted octanol–water partition coefficient (Wildman–Crippen LogP) is 1.93. The van der Waals surface area contributed by atoms with Gasteiger partial charge in [0, 0.05) is 26.7 Å². The topological polar surface area (TPSA) is 70.8 Å². The highest BCUT2D eigenvalue weighted by Gasteiger charge is 2.13. The van der Waals surface area contributed by atoms with Crippen molar-refractivity contribution in [2.45, 2.75) is 12.6 Å². The van der Waals surface area contributed by atoms with Crippen LogP contribution >= 0.6 is 0 Å². The van der Waals surface area contributed by atoms with Gasteiger partial charge in [-0.05, 0) is 29.8 Å². The summed E-state index contributed by atoms with van der Waals surface area (Å²) in [4.78, 5) is 16.5. The van der Waals surface area contributed by atoms with Gasteiger partial charge in [0.2, 0.25) is 0 Å². The molecule has 2 N–H and O–H groups in total. The monoisotopic (exact) mass is 321 g/mol. The number of nitrogens with two attached hydrogens (primary N) is 1. The van der Waals surface area contributed by atoms with Gasteiger partial charge in [0.1, 0.15) is 0 Å². The van der Waals surface area contributed by atoms with E-state index in [4.69, 9.17) is 5.73 Å². The smallest absolute Gasteiger partial charge is 0.328 e. The molecule has 1 unspecified atom stereocenters. The number of para-hydroxylation sites is 2. The molecular formula is C18H19N5O. The van der Waals surface area contributed by atoms with E-state index in [9.17, 15) is 4.79 Å². The second-order valence-corrected chi connectivity index (χ2v) is 6.14. The molecule has 0 aliphatic carbocycles. The van der Waals surface area contributed by atoms with Crippen LogP contribution in [-0.4, -0.2) is 18.7 Å². The van der Waals surface area contributed by atoms with Crippen LogP contribution in [0.5, 0.6) is 0 Å². The maximum Gasteiger partial charge on any atom is 0.328 e. The third-order valence-corrected chi connectivity index (χ3v) is 4.64. The molecular weight excluding hydrogens is 302 g/mol. The summed E-state index contributed by atoms with van der Waals surface area (Å²) in [5.74, 6) is 0. The summed E-state index contributed by atoms with van der Waals surface area (Å²) < 4.78 is 5.36. The van der Waals surface area contributed by atoms with Gasteiger partial charge in [0.25, 0.3) is 0 Å². The molecule has 0 bridgehead atoms. The maximum atomic E-state index is 12.1. The first-order chi connectivity index (χ1) is 11.6. The summed E-state index contributed by atoms with van der Waals surface area (Å²) in [6.07, 6.45) is 1.82. The molecule has 2 aromatic heterocycles. The number of aryl methyl sites for hydroxylation is 2. The summed E-state index contributed by atoms with van der Waals surface area (Å²) >= 11 is 0. The molecule has 0 aliphatic heterocycles. The summed E-state index contributed by atoms with van der Waals surface area (Å²) in [6, 6.07) is 13.8. The first-order valence-electron chi connectivity index (χ1n) is 7.87. The quantitative estimate of drug-likeness (QED) is 0.627. The Morgan fingerprint density at radius 2 is 1.79 bits per heavy atom. The molecule has 0 spiro atoms. The maximum absolute atomic E-state index is 12.1. The Bertz CT molecular complexity index is 1100. The molecule has 0 saturated carbocycles. The summed E-state index contributed by atoms with van der Waals surface area (Å²) in [6.45, 7) is 0.632. The van der Waals surface area contributed by atoms with Crippen molar-refractivity contribution in [3.05, 3.63) is 64.8 Å². The van der Waals surface area contributed by atoms with Gasteiger partial charge in [-0.1, -0.05) is 18.2 Å². The third-order valence-electron chi connectivity index (χ3n) is 4.64. The van der Waals surface area contributed by atoms with Gasteiger partial charge >= 0.3 is 5.69 Å². The largest absolute Gasteiger partial charge is 0.329 e. The molecule has 2 aromatic carbocycles. The second-order valence-electron chi connectivity index (χ2n) is 6.14. The molecule has 2 heterocycles. The average molecular weight is 321 g/mol. The Morgan fingerprint density at radius 1 is 1.04 bits per heavy atom. The van der Waals surface area contributed by atoms with Crippen LogP contribution in [0.25, 0.3) is 22.1 Å². The molecule has 4 aromatic rings. The Kier molecular flexibility index (Phi) is 3.28. The number of aromatic nitrogens is 4. The average Bonchev–Trinajstić information content (AvgIpc) is 3.10. The van der Waals surface area contributed by atoms with Crippen LogP contribution in [0.4, 0.5) is 0 Å². The highest BCUT2D eigenvalue weighted by atomic mass is 16.1. The molecule has 0 aliphatic rings. The summed E-state index contributed by atoms with van der Waals surface area (Å²) in [5.41, 5.74) is 11.2. The van der Waals surface area contributed by atoms with Crippen LogP contribution in [0.3, 0.4) is 0 Å². The van der Waals surface area contributed by atoms with Crippen LogP contribution in [0.15, 0.2) is 53.6 Å². The number of rotatable bonds is 3. The fourth-order valence-electron chi connectivity index (χ4n) is 3.23. The first kappa shape index (κ1) is 14.7. The third kappa shape index (κ3) is 2.15. The molecule has 0 amide bonds. The van der Waals surface area contributed by atoms with E-state index in [0.29, 0.717) is 6.54 Å². The van der Waals surface area contributed by atoms with Crippen molar-refractivity contribution in [2.75, 3.05) is 0 Å². The van der Waals surface area contributed by atoms with E-state index in [-0.39, 0.29) is 11.7 Å². The SMILES string of the molecule is Cn1c(=O)n(C)c2cc(C(N)Cn3cnc4ccccc43)ccc21. The summed E-state index contributed by atoms with van der Waals surface area (Å²) in [5, 5.41) is 0. The second kappa shape index (κ2) is 5.35. The predicted molar refractivity (Wildman–Crippen MR) is 94.8 cm³/mol. The zero-order chi connectivity index (χ0) is 16.8. The van der Waals surface area contributed by atoms with Crippen molar-refractivity contribution < 1.29 is 0 Å². The fraction of sp³-hybridized carbons (Fsp3) is 0.222. The Labute approximate surface area is 138 Å². The fourth-order valence-corrected chi connectivity index (χ4v) is 3.23. The molecule has 6 heteroatoms. The van der Waals surface area contributed by atoms with E-state index in [1.54, 1.807) is 23.2 Å². The van der Waals surface area contributed by atoms with Gasteiger partial charge in [0.15, 0.2) is 0 Å². The number of benzene rings is 2. The minimum Gasteiger partial charge on any atom is -0.329 e. The lowest BCUT2D eigenvalue weighted by Gasteiger charge is -2.14. The molecule has 0 radical (unpaired) electrons. The minimum atomic E-state index is -0.178. The molecule has 24 heavy (non-hydrogen) atoms. The number of hydrogen-bond acceptors (Lipinski definition) is 3. The van der Waals surface area contributed by atoms with Crippen molar-refractivity contribution in [1.29, 1.82) is 0 Å². The van der Waals surface area contributed by atoms with Crippen molar-refractivity contribution in [3.8, 4) is 0 Å². The van der Waals surface area contributed by atoms with Crippen LogP contribution in [-0.2, 0) is 20.6 Å². The van der Waals surface area contributed by atoms with E-state index in [1.807, 2.05) is 48.8 Å². The molecule has 122 valence electrons. The normalized spacial score (nSPS) is 13.0. The molecule has 0 fully saturated rings. The van der Waals surface area contributed by atoms with Crippen molar-refractivity contribution in [2.24, 2.45) is 19.8 Å². The van der Waals surface area contributed by atoms with E-state index in [1.165, 1.54) is 0 Å². The molecule has 1 atom stereocenters. The van der Waals surface area contributed by atoms with Crippen LogP contribution in [0.2, 0.25) is 0 Å². The lowest BCUT2D eigenvalue weighted by Crippen LogP contribution is -2.19. The number of hydrogen-bond donors (Lipinski definition) is 1. The van der Waals surface area contributed by atoms with Gasteiger partial charge in [0.05, 0.1) is 28.4 Å². The minimum absolute atomic E-state index is 0.0312. The van der Waals surface area contributed by atoms with E-state index in [2.05, 4.69) is 9.55 Å². The highest BCUT2D eigenvalue weighted by molar-refractivity contribution is 5.77. The Hall–Kier alpha value is -2.86. The van der Waals surface area contributed by atoms with Crippen LogP contribution in [0, 0.1) is 0 Å². The van der Waals surface area contributed by atoms with Crippen molar-refractivity contribution in [1.82, 2.24) is 18.7 Å². The summed E-state index contributed by atoms with van der Waals surface area (Å²) in [7, 11) is 3.56. The lowest BCUT2D eigenvalue weighted by molar-refractivity contribution is 0.589. The van der Waals surface area contributed by atoms with Gasteiger partial charge in [-0.15, -0.1) is 0 Å². The molecule has 0 saturated heterocycles. The standard InChI is InChI=1S/C18H19N5O/c1-21-16-8-7-12(9-17(16)22(2)18(21)24)13(19)10-23-11-20-14-5-3-4-6-15(14)23/h3-9,11,13H,10,19H2,1-2H3. The van der Waals surface area contributed by atoms with E-state index in [0.717, 1.165) is 27.6 Å². The van der Waals surface area contributed by atoms with Crippen LogP contribution < -0.4 is 11.4 Å². The number of nitrogens with zero attached hydrogens (tertiary/aromatic N) is 4. The molecule has 6 nitrogen and oxygen atoms in total.